The third-order valence-corrected chi connectivity index (χ3v) is 6.64. The largest absolute Gasteiger partial charge is 0.373 e. The lowest BCUT2D eigenvalue weighted by Crippen LogP contribution is -2.53. The van der Waals surface area contributed by atoms with Crippen LogP contribution in [0.1, 0.15) is 44.1 Å². The van der Waals surface area contributed by atoms with E-state index >= 15 is 0 Å². The number of hydrogen-bond donors (Lipinski definition) is 0. The Hall–Kier alpha value is -0.970. The minimum absolute atomic E-state index is 0.337. The molecule has 0 radical (unpaired) electrons. The number of aromatic nitrogens is 1. The van der Waals surface area contributed by atoms with Gasteiger partial charge in [-0.1, -0.05) is 18.9 Å². The molecule has 24 heavy (non-hydrogen) atoms. The SMILES string of the molecule is COC(COC1CN2CCC1CC2)(c1cccnc1)C1CCCC1. The van der Waals surface area contributed by atoms with Crippen molar-refractivity contribution in [1.29, 1.82) is 0 Å². The Morgan fingerprint density at radius 3 is 2.58 bits per heavy atom. The number of nitrogens with zero attached hydrogens (tertiary/aromatic N) is 2. The minimum Gasteiger partial charge on any atom is -0.373 e. The summed E-state index contributed by atoms with van der Waals surface area (Å²) in [5.41, 5.74) is 0.845. The molecule has 2 bridgehead atoms. The van der Waals surface area contributed by atoms with Crippen LogP contribution in [0.25, 0.3) is 0 Å². The van der Waals surface area contributed by atoms with Crippen LogP contribution in [0, 0.1) is 11.8 Å². The Labute approximate surface area is 145 Å². The first-order valence-corrected chi connectivity index (χ1v) is 9.61. The van der Waals surface area contributed by atoms with Crippen LogP contribution in [0.4, 0.5) is 0 Å². The fourth-order valence-electron chi connectivity index (χ4n) is 5.12. The van der Waals surface area contributed by atoms with E-state index < -0.39 is 0 Å². The molecule has 0 amide bonds. The summed E-state index contributed by atoms with van der Waals surface area (Å²) in [6.07, 6.45) is 11.8. The highest BCUT2D eigenvalue weighted by Gasteiger charge is 2.44. The molecule has 2 atom stereocenters. The van der Waals surface area contributed by atoms with Gasteiger partial charge in [-0.2, -0.15) is 0 Å². The first kappa shape index (κ1) is 16.5. The molecule has 1 aliphatic carbocycles. The molecule has 3 aliphatic heterocycles. The van der Waals surface area contributed by atoms with Crippen molar-refractivity contribution in [1.82, 2.24) is 9.88 Å². The highest BCUT2D eigenvalue weighted by atomic mass is 16.5. The number of methoxy groups -OCH3 is 1. The predicted octanol–water partition coefficient (Wildman–Crippen LogP) is 3.22. The summed E-state index contributed by atoms with van der Waals surface area (Å²) < 4.78 is 12.7. The van der Waals surface area contributed by atoms with Gasteiger partial charge in [-0.05, 0) is 56.7 Å². The van der Waals surface area contributed by atoms with E-state index in [1.165, 1.54) is 57.2 Å². The van der Waals surface area contributed by atoms with Crippen LogP contribution in [0.15, 0.2) is 24.5 Å². The van der Waals surface area contributed by atoms with Crippen LogP contribution < -0.4 is 0 Å². The van der Waals surface area contributed by atoms with Crippen LogP contribution in [-0.4, -0.2) is 49.3 Å². The fraction of sp³-hybridized carbons (Fsp3) is 0.750. The third kappa shape index (κ3) is 3.00. The molecule has 4 fully saturated rings. The lowest BCUT2D eigenvalue weighted by Gasteiger charge is -2.46. The Bertz CT molecular complexity index is 524. The number of rotatable bonds is 6. The van der Waals surface area contributed by atoms with Gasteiger partial charge >= 0.3 is 0 Å². The van der Waals surface area contributed by atoms with Crippen LogP contribution in [0.3, 0.4) is 0 Å². The molecule has 4 aliphatic rings. The van der Waals surface area contributed by atoms with Gasteiger partial charge in [0.1, 0.15) is 5.60 Å². The van der Waals surface area contributed by atoms with Gasteiger partial charge in [0.05, 0.1) is 12.7 Å². The van der Waals surface area contributed by atoms with Crippen LogP contribution in [0.2, 0.25) is 0 Å². The average Bonchev–Trinajstić information content (AvgIpc) is 3.20. The minimum atomic E-state index is -0.337. The number of ether oxygens (including phenoxy) is 2. The standard InChI is InChI=1S/C20H30N2O2/c1-23-20(17-5-2-3-6-17,18-7-4-10-21-13-18)15-24-19-14-22-11-8-16(19)9-12-22/h4,7,10,13,16-17,19H,2-3,5-6,8-9,11-12,14-15H2,1H3. The summed E-state index contributed by atoms with van der Waals surface area (Å²) in [6, 6.07) is 4.18. The summed E-state index contributed by atoms with van der Waals surface area (Å²) in [7, 11) is 1.85. The Kier molecular flexibility index (Phi) is 4.88. The van der Waals surface area contributed by atoms with Gasteiger partial charge < -0.3 is 14.4 Å². The van der Waals surface area contributed by atoms with E-state index in [-0.39, 0.29) is 5.60 Å². The number of pyridine rings is 1. The average molecular weight is 330 g/mol. The first-order chi connectivity index (χ1) is 11.8. The van der Waals surface area contributed by atoms with E-state index in [0.29, 0.717) is 18.6 Å². The van der Waals surface area contributed by atoms with Crippen molar-refractivity contribution >= 4 is 0 Å². The van der Waals surface area contributed by atoms with E-state index in [1.54, 1.807) is 0 Å². The molecule has 2 unspecified atom stereocenters. The second kappa shape index (κ2) is 7.11. The summed E-state index contributed by atoms with van der Waals surface area (Å²) in [6.45, 7) is 4.27. The zero-order chi connectivity index (χ0) is 16.4. The fourth-order valence-corrected chi connectivity index (χ4v) is 5.12. The molecule has 4 heterocycles. The maximum Gasteiger partial charge on any atom is 0.120 e. The van der Waals surface area contributed by atoms with Crippen molar-refractivity contribution in [2.75, 3.05) is 33.4 Å². The van der Waals surface area contributed by atoms with Crippen molar-refractivity contribution < 1.29 is 9.47 Å². The Balaban J connectivity index is 1.54. The number of piperidine rings is 3. The second-order valence-electron chi connectivity index (χ2n) is 7.80. The van der Waals surface area contributed by atoms with E-state index in [1.807, 2.05) is 25.6 Å². The molecule has 5 rings (SSSR count). The van der Waals surface area contributed by atoms with E-state index in [9.17, 15) is 0 Å². The van der Waals surface area contributed by atoms with Gasteiger partial charge in [0.2, 0.25) is 0 Å². The van der Waals surface area contributed by atoms with Gasteiger partial charge in [0, 0.05) is 31.6 Å². The summed E-state index contributed by atoms with van der Waals surface area (Å²) in [4.78, 5) is 6.91. The second-order valence-corrected chi connectivity index (χ2v) is 7.80. The van der Waals surface area contributed by atoms with E-state index in [4.69, 9.17) is 9.47 Å². The quantitative estimate of drug-likeness (QED) is 0.802. The Morgan fingerprint density at radius 2 is 2.00 bits per heavy atom. The summed E-state index contributed by atoms with van der Waals surface area (Å²) in [5.74, 6) is 1.27. The molecule has 0 spiro atoms. The molecule has 132 valence electrons. The smallest absolute Gasteiger partial charge is 0.120 e. The van der Waals surface area contributed by atoms with Crippen LogP contribution in [0.5, 0.6) is 0 Å². The highest BCUT2D eigenvalue weighted by Crippen LogP contribution is 2.44. The summed E-state index contributed by atoms with van der Waals surface area (Å²) >= 11 is 0. The van der Waals surface area contributed by atoms with Crippen LogP contribution >= 0.6 is 0 Å². The predicted molar refractivity (Wildman–Crippen MR) is 93.8 cm³/mol. The van der Waals surface area contributed by atoms with E-state index in [0.717, 1.165) is 12.5 Å². The van der Waals surface area contributed by atoms with Crippen molar-refractivity contribution in [2.24, 2.45) is 11.8 Å². The number of hydrogen-bond acceptors (Lipinski definition) is 4. The van der Waals surface area contributed by atoms with Gasteiger partial charge in [0.15, 0.2) is 0 Å². The maximum atomic E-state index is 6.55. The topological polar surface area (TPSA) is 34.6 Å². The van der Waals surface area contributed by atoms with Gasteiger partial charge in [0.25, 0.3) is 0 Å². The molecule has 0 N–H and O–H groups in total. The van der Waals surface area contributed by atoms with Gasteiger partial charge in [-0.15, -0.1) is 0 Å². The third-order valence-electron chi connectivity index (χ3n) is 6.64. The van der Waals surface area contributed by atoms with Gasteiger partial charge in [-0.25, -0.2) is 0 Å². The Morgan fingerprint density at radius 1 is 1.21 bits per heavy atom. The monoisotopic (exact) mass is 330 g/mol. The molecule has 1 aromatic heterocycles. The first-order valence-electron chi connectivity index (χ1n) is 9.61. The normalized spacial score (nSPS) is 32.8. The molecule has 3 saturated heterocycles. The summed E-state index contributed by atoms with van der Waals surface area (Å²) in [5, 5.41) is 0. The molecular weight excluding hydrogens is 300 g/mol. The van der Waals surface area contributed by atoms with Crippen LogP contribution in [-0.2, 0) is 15.1 Å². The van der Waals surface area contributed by atoms with Crippen molar-refractivity contribution in [3.05, 3.63) is 30.1 Å². The molecule has 4 nitrogen and oxygen atoms in total. The van der Waals surface area contributed by atoms with Crippen molar-refractivity contribution in [3.63, 3.8) is 0 Å². The molecule has 0 aromatic carbocycles. The maximum absolute atomic E-state index is 6.55. The molecule has 1 aromatic rings. The van der Waals surface area contributed by atoms with Crippen molar-refractivity contribution in [3.8, 4) is 0 Å². The molecule has 4 heteroatoms. The van der Waals surface area contributed by atoms with Crippen molar-refractivity contribution in [2.45, 2.75) is 50.2 Å². The zero-order valence-corrected chi connectivity index (χ0v) is 14.8. The highest BCUT2D eigenvalue weighted by molar-refractivity contribution is 5.21. The van der Waals surface area contributed by atoms with Gasteiger partial charge in [-0.3, -0.25) is 4.98 Å². The molecular formula is C20H30N2O2. The lowest BCUT2D eigenvalue weighted by molar-refractivity contribution is -0.158. The lowest BCUT2D eigenvalue weighted by atomic mass is 9.80. The zero-order valence-electron chi connectivity index (χ0n) is 14.8. The molecule has 1 saturated carbocycles. The number of fused-ring (bicyclic) bond motifs is 3. The van der Waals surface area contributed by atoms with E-state index in [2.05, 4.69) is 16.0 Å².